The summed E-state index contributed by atoms with van der Waals surface area (Å²) in [6.07, 6.45) is 5.26. The summed E-state index contributed by atoms with van der Waals surface area (Å²) in [6.45, 7) is 0. The molecular formula is C20H19N5O2. The van der Waals surface area contributed by atoms with E-state index in [-0.39, 0.29) is 5.91 Å². The van der Waals surface area contributed by atoms with Crippen LogP contribution in [-0.4, -0.2) is 32.8 Å². The number of nitrogens with one attached hydrogen (secondary N) is 2. The zero-order valence-corrected chi connectivity index (χ0v) is 15.0. The van der Waals surface area contributed by atoms with Crippen LogP contribution in [0.25, 0.3) is 10.9 Å². The van der Waals surface area contributed by atoms with Crippen molar-refractivity contribution in [3.05, 3.63) is 78.0 Å². The molecule has 2 heterocycles. The summed E-state index contributed by atoms with van der Waals surface area (Å²) in [4.78, 5) is 17.5. The number of carbonyl (C=O) groups is 1. The lowest BCUT2D eigenvalue weighted by Crippen LogP contribution is -2.31. The summed E-state index contributed by atoms with van der Waals surface area (Å²) >= 11 is 0. The molecule has 27 heavy (non-hydrogen) atoms. The van der Waals surface area contributed by atoms with Gasteiger partial charge in [0.05, 0.1) is 24.4 Å². The van der Waals surface area contributed by atoms with Crippen molar-refractivity contribution in [2.75, 3.05) is 7.11 Å². The van der Waals surface area contributed by atoms with Crippen molar-refractivity contribution in [1.82, 2.24) is 25.1 Å². The minimum Gasteiger partial charge on any atom is -0.497 e. The second kappa shape index (κ2) is 6.95. The Morgan fingerprint density at radius 2 is 2.11 bits per heavy atom. The molecule has 2 N–H and O–H groups in total. The van der Waals surface area contributed by atoms with E-state index in [4.69, 9.17) is 4.74 Å². The van der Waals surface area contributed by atoms with E-state index in [9.17, 15) is 4.79 Å². The zero-order valence-electron chi connectivity index (χ0n) is 15.0. The van der Waals surface area contributed by atoms with Crippen molar-refractivity contribution in [1.29, 1.82) is 0 Å². The quantitative estimate of drug-likeness (QED) is 0.572. The summed E-state index contributed by atoms with van der Waals surface area (Å²) in [5, 5.41) is 10.9. The van der Waals surface area contributed by atoms with Crippen LogP contribution in [0.4, 0.5) is 0 Å². The Morgan fingerprint density at radius 3 is 2.89 bits per heavy atom. The van der Waals surface area contributed by atoms with Gasteiger partial charge in [-0.1, -0.05) is 24.3 Å². The molecule has 0 spiro atoms. The number of imidazole rings is 1. The number of para-hydroxylation sites is 1. The van der Waals surface area contributed by atoms with E-state index < -0.39 is 6.04 Å². The van der Waals surface area contributed by atoms with E-state index >= 15 is 0 Å². The van der Waals surface area contributed by atoms with Gasteiger partial charge in [-0.05, 0) is 23.8 Å². The highest BCUT2D eigenvalue weighted by Gasteiger charge is 2.23. The monoisotopic (exact) mass is 361 g/mol. The molecule has 1 amide bonds. The number of aryl methyl sites for hydroxylation is 1. The van der Waals surface area contributed by atoms with Crippen LogP contribution in [0.1, 0.15) is 27.8 Å². The number of rotatable bonds is 5. The maximum atomic E-state index is 13.1. The van der Waals surface area contributed by atoms with Crippen LogP contribution in [0.3, 0.4) is 0 Å². The summed E-state index contributed by atoms with van der Waals surface area (Å²) in [5.74, 6) is 1.24. The summed E-state index contributed by atoms with van der Waals surface area (Å²) in [7, 11) is 3.52. The van der Waals surface area contributed by atoms with E-state index in [2.05, 4.69) is 20.5 Å². The normalized spacial score (nSPS) is 12.1. The number of carbonyl (C=O) groups excluding carboxylic acids is 1. The van der Waals surface area contributed by atoms with E-state index in [1.54, 1.807) is 25.6 Å². The molecule has 1 unspecified atom stereocenters. The number of nitrogens with zero attached hydrogens (tertiary/aromatic N) is 3. The molecule has 0 aliphatic heterocycles. The van der Waals surface area contributed by atoms with E-state index in [1.165, 1.54) is 0 Å². The predicted octanol–water partition coefficient (Wildman–Crippen LogP) is 2.82. The first-order chi connectivity index (χ1) is 13.2. The molecule has 4 rings (SSSR count). The number of amides is 1. The molecule has 0 saturated carbocycles. The summed E-state index contributed by atoms with van der Waals surface area (Å²) < 4.78 is 7.23. The second-order valence-electron chi connectivity index (χ2n) is 6.22. The van der Waals surface area contributed by atoms with Crippen LogP contribution in [0.5, 0.6) is 5.75 Å². The van der Waals surface area contributed by atoms with Crippen LogP contribution in [0, 0.1) is 0 Å². The number of fused-ring (bicyclic) bond motifs is 1. The molecule has 0 aliphatic carbocycles. The Bertz CT molecular complexity index is 1100. The fourth-order valence-electron chi connectivity index (χ4n) is 3.14. The van der Waals surface area contributed by atoms with Crippen molar-refractivity contribution in [2.45, 2.75) is 6.04 Å². The average Bonchev–Trinajstić information content (AvgIpc) is 3.34. The molecule has 0 fully saturated rings. The predicted molar refractivity (Wildman–Crippen MR) is 102 cm³/mol. The molecule has 7 heteroatoms. The van der Waals surface area contributed by atoms with Crippen LogP contribution in [0.15, 0.2) is 61.1 Å². The lowest BCUT2D eigenvalue weighted by molar-refractivity contribution is 0.0942. The van der Waals surface area contributed by atoms with Gasteiger partial charge in [0.15, 0.2) is 0 Å². The lowest BCUT2D eigenvalue weighted by atomic mass is 10.0. The molecule has 0 saturated heterocycles. The number of hydrogen-bond acceptors (Lipinski definition) is 4. The first-order valence-corrected chi connectivity index (χ1v) is 8.51. The average molecular weight is 361 g/mol. The molecule has 0 bridgehead atoms. The maximum Gasteiger partial charge on any atom is 0.254 e. The third-order valence-electron chi connectivity index (χ3n) is 4.54. The zero-order chi connectivity index (χ0) is 18.8. The molecule has 2 aromatic heterocycles. The summed E-state index contributed by atoms with van der Waals surface area (Å²) in [5.41, 5.74) is 2.13. The minimum atomic E-state index is -0.425. The van der Waals surface area contributed by atoms with Crippen LogP contribution in [0.2, 0.25) is 0 Å². The van der Waals surface area contributed by atoms with Gasteiger partial charge >= 0.3 is 0 Å². The maximum absolute atomic E-state index is 13.1. The Balaban J connectivity index is 1.74. The van der Waals surface area contributed by atoms with Crippen molar-refractivity contribution in [3.8, 4) is 5.75 Å². The number of methoxy groups -OCH3 is 1. The topological polar surface area (TPSA) is 84.8 Å². The Hall–Kier alpha value is -3.61. The van der Waals surface area contributed by atoms with Gasteiger partial charge in [0.2, 0.25) is 0 Å². The highest BCUT2D eigenvalue weighted by atomic mass is 16.5. The van der Waals surface area contributed by atoms with Gasteiger partial charge in [-0.2, -0.15) is 5.10 Å². The fourth-order valence-corrected chi connectivity index (χ4v) is 3.14. The molecule has 7 nitrogen and oxygen atoms in total. The lowest BCUT2D eigenvalue weighted by Gasteiger charge is -2.20. The third-order valence-corrected chi connectivity index (χ3v) is 4.54. The molecule has 0 aliphatic rings. The first-order valence-electron chi connectivity index (χ1n) is 8.51. The largest absolute Gasteiger partial charge is 0.497 e. The third kappa shape index (κ3) is 3.15. The fraction of sp³-hybridized carbons (Fsp3) is 0.150. The molecule has 136 valence electrons. The number of H-pyrrole nitrogens is 1. The van der Waals surface area contributed by atoms with Gasteiger partial charge in [-0.3, -0.25) is 9.89 Å². The van der Waals surface area contributed by atoms with Gasteiger partial charge in [0.25, 0.3) is 5.91 Å². The highest BCUT2D eigenvalue weighted by molar-refractivity contribution is 6.05. The standard InChI is InChI=1S/C20H19N5O2/c1-25-10-9-21-19(25)18(13-5-3-7-15(11-13)27-2)23-20(26)16-8-4-6-14-12-22-24-17(14)16/h3-12,18H,1-2H3,(H,22,24)(H,23,26). The SMILES string of the molecule is COc1cccc(C(NC(=O)c2cccc3cn[nH]c23)c2nccn2C)c1. The van der Waals surface area contributed by atoms with Crippen LogP contribution < -0.4 is 10.1 Å². The van der Waals surface area contributed by atoms with Gasteiger partial charge in [-0.15, -0.1) is 0 Å². The van der Waals surface area contributed by atoms with Gasteiger partial charge < -0.3 is 14.6 Å². The number of hydrogen-bond donors (Lipinski definition) is 2. The number of ether oxygens (including phenoxy) is 1. The van der Waals surface area contributed by atoms with Crippen LogP contribution >= 0.6 is 0 Å². The van der Waals surface area contributed by atoms with Gasteiger partial charge in [-0.25, -0.2) is 4.98 Å². The minimum absolute atomic E-state index is 0.208. The molecule has 1 atom stereocenters. The van der Waals surface area contributed by atoms with Gasteiger partial charge in [0.1, 0.15) is 17.6 Å². The Kier molecular flexibility index (Phi) is 4.33. The van der Waals surface area contributed by atoms with Gasteiger partial charge in [0, 0.05) is 24.8 Å². The molecule has 0 radical (unpaired) electrons. The molecular weight excluding hydrogens is 342 g/mol. The number of aromatic amines is 1. The number of aromatic nitrogens is 4. The number of benzene rings is 2. The Morgan fingerprint density at radius 1 is 1.26 bits per heavy atom. The molecule has 2 aromatic carbocycles. The van der Waals surface area contributed by atoms with Crippen molar-refractivity contribution < 1.29 is 9.53 Å². The smallest absolute Gasteiger partial charge is 0.254 e. The summed E-state index contributed by atoms with van der Waals surface area (Å²) in [6, 6.07) is 12.7. The van der Waals surface area contributed by atoms with Crippen molar-refractivity contribution in [3.63, 3.8) is 0 Å². The first kappa shape index (κ1) is 16.8. The highest BCUT2D eigenvalue weighted by Crippen LogP contribution is 2.25. The van der Waals surface area contributed by atoms with E-state index in [0.29, 0.717) is 11.1 Å². The van der Waals surface area contributed by atoms with Crippen molar-refractivity contribution >= 4 is 16.8 Å². The van der Waals surface area contributed by atoms with Crippen molar-refractivity contribution in [2.24, 2.45) is 7.05 Å². The molecule has 4 aromatic rings. The van der Waals surface area contributed by atoms with E-state index in [1.807, 2.05) is 54.2 Å². The van der Waals surface area contributed by atoms with E-state index in [0.717, 1.165) is 22.5 Å². The second-order valence-corrected chi connectivity index (χ2v) is 6.22. The van der Waals surface area contributed by atoms with Crippen LogP contribution in [-0.2, 0) is 7.05 Å². The Labute approximate surface area is 156 Å².